The first kappa shape index (κ1) is 16.7. The highest BCUT2D eigenvalue weighted by molar-refractivity contribution is 6.50. The lowest BCUT2D eigenvalue weighted by atomic mass is 10.3. The fourth-order valence-electron chi connectivity index (χ4n) is 2.03. The minimum absolute atomic E-state index is 0.721. The van der Waals surface area contributed by atoms with E-state index in [2.05, 4.69) is 20.8 Å². The van der Waals surface area contributed by atoms with Gasteiger partial charge in [0.25, 0.3) is 0 Å². The van der Waals surface area contributed by atoms with Gasteiger partial charge in [0.1, 0.15) is 0 Å². The van der Waals surface area contributed by atoms with E-state index >= 15 is 0 Å². The van der Waals surface area contributed by atoms with Gasteiger partial charge < -0.3 is 22.0 Å². The Hall–Kier alpha value is -0.295. The van der Waals surface area contributed by atoms with Crippen LogP contribution in [0.15, 0.2) is 0 Å². The van der Waals surface area contributed by atoms with Crippen molar-refractivity contribution in [2.45, 2.75) is 39.7 Å². The SMILES string of the molecule is CCOC[N+]1(C(C)C)CCCC1.F[B-](F)(F)F. The normalized spacial score (nSPS) is 19.1. The highest BCUT2D eigenvalue weighted by atomic mass is 19.5. The Morgan fingerprint density at radius 2 is 1.53 bits per heavy atom. The van der Waals surface area contributed by atoms with E-state index in [4.69, 9.17) is 4.74 Å². The Morgan fingerprint density at radius 1 is 1.12 bits per heavy atom. The van der Waals surface area contributed by atoms with Gasteiger partial charge in [-0.2, -0.15) is 0 Å². The van der Waals surface area contributed by atoms with Crippen LogP contribution in [0.4, 0.5) is 17.3 Å². The van der Waals surface area contributed by atoms with Gasteiger partial charge >= 0.3 is 7.25 Å². The summed E-state index contributed by atoms with van der Waals surface area (Å²) in [4.78, 5) is 0. The molecule has 1 aliphatic heterocycles. The average Bonchev–Trinajstić information content (AvgIpc) is 2.61. The first-order chi connectivity index (χ1) is 7.71. The van der Waals surface area contributed by atoms with Gasteiger partial charge in [-0.05, 0) is 20.8 Å². The van der Waals surface area contributed by atoms with Crippen molar-refractivity contribution < 1.29 is 26.5 Å². The van der Waals surface area contributed by atoms with Crippen molar-refractivity contribution >= 4 is 7.25 Å². The fraction of sp³-hybridized carbons (Fsp3) is 1.00. The van der Waals surface area contributed by atoms with Gasteiger partial charge in [0.2, 0.25) is 0 Å². The molecule has 104 valence electrons. The summed E-state index contributed by atoms with van der Waals surface area (Å²) in [5.74, 6) is 0. The van der Waals surface area contributed by atoms with Crippen LogP contribution in [0.25, 0.3) is 0 Å². The largest absolute Gasteiger partial charge is 0.673 e. The van der Waals surface area contributed by atoms with E-state index in [0.717, 1.165) is 19.4 Å². The third-order valence-electron chi connectivity index (χ3n) is 3.10. The molecule has 0 N–H and O–H groups in total. The zero-order valence-corrected chi connectivity index (χ0v) is 10.8. The Kier molecular flexibility index (Phi) is 7.08. The van der Waals surface area contributed by atoms with E-state index < -0.39 is 7.25 Å². The van der Waals surface area contributed by atoms with Crippen LogP contribution in [0.5, 0.6) is 0 Å². The lowest BCUT2D eigenvalue weighted by Gasteiger charge is -2.37. The van der Waals surface area contributed by atoms with Gasteiger partial charge in [0.05, 0.1) is 19.1 Å². The number of rotatable bonds is 4. The molecule has 0 radical (unpaired) electrons. The lowest BCUT2D eigenvalue weighted by molar-refractivity contribution is -0.954. The molecular weight excluding hydrogens is 237 g/mol. The molecule has 0 spiro atoms. The van der Waals surface area contributed by atoms with Gasteiger partial charge in [-0.25, -0.2) is 0 Å². The Labute approximate surface area is 101 Å². The highest BCUT2D eigenvalue weighted by Crippen LogP contribution is 2.23. The molecule has 1 saturated heterocycles. The predicted octanol–water partition coefficient (Wildman–Crippen LogP) is 3.30. The zero-order chi connectivity index (χ0) is 13.5. The number of halogens is 4. The molecule has 0 amide bonds. The third kappa shape index (κ3) is 7.60. The second kappa shape index (κ2) is 7.21. The summed E-state index contributed by atoms with van der Waals surface area (Å²) in [5, 5.41) is 0. The number of ether oxygens (including phenoxy) is 1. The Balaban J connectivity index is 0.000000437. The maximum atomic E-state index is 9.75. The Bertz CT molecular complexity index is 199. The molecule has 0 unspecified atom stereocenters. The summed E-state index contributed by atoms with van der Waals surface area (Å²) in [6.07, 6.45) is 2.76. The van der Waals surface area contributed by atoms with Crippen LogP contribution in [0.1, 0.15) is 33.6 Å². The first-order valence-electron chi connectivity index (χ1n) is 6.02. The zero-order valence-electron chi connectivity index (χ0n) is 10.8. The van der Waals surface area contributed by atoms with Gasteiger partial charge in [0, 0.05) is 19.4 Å². The molecule has 0 bridgehead atoms. The van der Waals surface area contributed by atoms with Crippen LogP contribution < -0.4 is 0 Å². The molecule has 0 aromatic rings. The summed E-state index contributed by atoms with van der Waals surface area (Å²) in [6.45, 7) is 11.1. The monoisotopic (exact) mass is 259 g/mol. The molecule has 1 aliphatic rings. The number of likely N-dealkylation sites (tertiary alicyclic amines) is 1. The maximum absolute atomic E-state index is 9.75. The lowest BCUT2D eigenvalue weighted by Crippen LogP contribution is -2.52. The van der Waals surface area contributed by atoms with E-state index in [0.29, 0.717) is 0 Å². The van der Waals surface area contributed by atoms with E-state index in [9.17, 15) is 17.3 Å². The van der Waals surface area contributed by atoms with Crippen LogP contribution in [0, 0.1) is 0 Å². The smallest absolute Gasteiger partial charge is 0.418 e. The molecular formula is C10H22BF4NO. The number of quaternary nitrogens is 1. The highest BCUT2D eigenvalue weighted by Gasteiger charge is 2.34. The summed E-state index contributed by atoms with van der Waals surface area (Å²) in [5.41, 5.74) is 0. The van der Waals surface area contributed by atoms with Crippen LogP contribution in [-0.2, 0) is 4.74 Å². The third-order valence-corrected chi connectivity index (χ3v) is 3.10. The minimum Gasteiger partial charge on any atom is -0.418 e. The molecule has 1 heterocycles. The average molecular weight is 259 g/mol. The predicted molar refractivity (Wildman–Crippen MR) is 61.0 cm³/mol. The fourth-order valence-corrected chi connectivity index (χ4v) is 2.03. The van der Waals surface area contributed by atoms with Crippen molar-refractivity contribution in [2.24, 2.45) is 0 Å². The van der Waals surface area contributed by atoms with Crippen molar-refractivity contribution in [3.63, 3.8) is 0 Å². The Morgan fingerprint density at radius 3 is 1.82 bits per heavy atom. The van der Waals surface area contributed by atoms with E-state index in [1.165, 1.54) is 30.4 Å². The molecule has 2 nitrogen and oxygen atoms in total. The van der Waals surface area contributed by atoms with E-state index in [-0.39, 0.29) is 0 Å². The summed E-state index contributed by atoms with van der Waals surface area (Å²) >= 11 is 0. The van der Waals surface area contributed by atoms with Gasteiger partial charge in [-0.3, -0.25) is 4.48 Å². The number of hydrogen-bond donors (Lipinski definition) is 0. The molecule has 1 fully saturated rings. The standard InChI is InChI=1S/C10H22NO.BF4/c1-4-12-9-11(10(2)3)7-5-6-8-11;2-1(3,4)5/h10H,4-9H2,1-3H3;/q+1;-1. The van der Waals surface area contributed by atoms with Gasteiger partial charge in [-0.15, -0.1) is 0 Å². The molecule has 0 aromatic carbocycles. The molecule has 0 atom stereocenters. The van der Waals surface area contributed by atoms with Gasteiger partial charge in [-0.1, -0.05) is 0 Å². The second-order valence-corrected chi connectivity index (χ2v) is 4.58. The summed E-state index contributed by atoms with van der Waals surface area (Å²) < 4.78 is 45.7. The van der Waals surface area contributed by atoms with E-state index in [1.54, 1.807) is 0 Å². The van der Waals surface area contributed by atoms with Crippen LogP contribution in [-0.4, -0.2) is 44.2 Å². The van der Waals surface area contributed by atoms with Gasteiger partial charge in [0.15, 0.2) is 6.73 Å². The van der Waals surface area contributed by atoms with Crippen molar-refractivity contribution in [1.29, 1.82) is 0 Å². The molecule has 17 heavy (non-hydrogen) atoms. The molecule has 0 aliphatic carbocycles. The van der Waals surface area contributed by atoms with Crippen LogP contribution >= 0.6 is 0 Å². The van der Waals surface area contributed by atoms with Crippen LogP contribution in [0.2, 0.25) is 0 Å². The van der Waals surface area contributed by atoms with Crippen molar-refractivity contribution in [3.05, 3.63) is 0 Å². The van der Waals surface area contributed by atoms with Crippen molar-refractivity contribution in [1.82, 2.24) is 0 Å². The number of nitrogens with zero attached hydrogens (tertiary/aromatic N) is 1. The first-order valence-corrected chi connectivity index (χ1v) is 6.02. The minimum atomic E-state index is -6.00. The summed E-state index contributed by atoms with van der Waals surface area (Å²) in [7, 11) is -6.00. The van der Waals surface area contributed by atoms with E-state index in [1.807, 2.05) is 0 Å². The topological polar surface area (TPSA) is 9.23 Å². The molecule has 0 aromatic heterocycles. The molecule has 1 rings (SSSR count). The maximum Gasteiger partial charge on any atom is 0.673 e. The number of hydrogen-bond acceptors (Lipinski definition) is 1. The molecule has 0 saturated carbocycles. The summed E-state index contributed by atoms with van der Waals surface area (Å²) in [6, 6.07) is 0.721. The van der Waals surface area contributed by atoms with Crippen molar-refractivity contribution in [3.8, 4) is 0 Å². The van der Waals surface area contributed by atoms with Crippen molar-refractivity contribution in [2.75, 3.05) is 26.4 Å². The molecule has 7 heteroatoms. The second-order valence-electron chi connectivity index (χ2n) is 4.58. The quantitative estimate of drug-likeness (QED) is 0.427. The van der Waals surface area contributed by atoms with Crippen LogP contribution in [0.3, 0.4) is 0 Å².